The number of benzene rings is 2. The molecule has 0 radical (unpaired) electrons. The number of ether oxygens (including phenoxy) is 3. The van der Waals surface area contributed by atoms with Gasteiger partial charge in [0.05, 0.1) is 19.8 Å². The lowest BCUT2D eigenvalue weighted by atomic mass is 10.1. The highest BCUT2D eigenvalue weighted by Crippen LogP contribution is 2.34. The van der Waals surface area contributed by atoms with Crippen LogP contribution in [0.3, 0.4) is 0 Å². The first kappa shape index (κ1) is 14.4. The van der Waals surface area contributed by atoms with Crippen molar-refractivity contribution in [1.29, 1.82) is 0 Å². The van der Waals surface area contributed by atoms with E-state index in [1.807, 2.05) is 12.1 Å². The molecule has 0 unspecified atom stereocenters. The largest absolute Gasteiger partial charge is 0.497 e. The minimum absolute atomic E-state index is 0.132. The van der Waals surface area contributed by atoms with Gasteiger partial charge >= 0.3 is 0 Å². The van der Waals surface area contributed by atoms with Crippen LogP contribution in [0.25, 0.3) is 11.0 Å². The molecule has 24 heavy (non-hydrogen) atoms. The van der Waals surface area contributed by atoms with E-state index in [1.54, 1.807) is 37.6 Å². The molecule has 4 rings (SSSR count). The summed E-state index contributed by atoms with van der Waals surface area (Å²) in [5.41, 5.74) is 2.19. The van der Waals surface area contributed by atoms with Crippen LogP contribution in [0, 0.1) is 0 Å². The second kappa shape index (κ2) is 5.81. The van der Waals surface area contributed by atoms with Crippen molar-refractivity contribution in [2.75, 3.05) is 19.2 Å². The molecule has 1 amide bonds. The van der Waals surface area contributed by atoms with Crippen molar-refractivity contribution in [3.05, 3.63) is 48.2 Å². The number of amides is 1. The number of furan rings is 1. The molecule has 6 heteroatoms. The van der Waals surface area contributed by atoms with Crippen molar-refractivity contribution in [1.82, 2.24) is 0 Å². The van der Waals surface area contributed by atoms with Crippen LogP contribution in [0.1, 0.15) is 5.56 Å². The van der Waals surface area contributed by atoms with Crippen molar-refractivity contribution in [2.24, 2.45) is 0 Å². The summed E-state index contributed by atoms with van der Waals surface area (Å²) < 4.78 is 21.2. The maximum atomic E-state index is 12.3. The van der Waals surface area contributed by atoms with Crippen LogP contribution >= 0.6 is 0 Å². The van der Waals surface area contributed by atoms with Crippen LogP contribution in [0.4, 0.5) is 5.69 Å². The molecule has 1 N–H and O–H groups in total. The zero-order valence-corrected chi connectivity index (χ0v) is 13.0. The maximum absolute atomic E-state index is 12.3. The molecule has 0 atom stereocenters. The van der Waals surface area contributed by atoms with E-state index in [0.29, 0.717) is 28.5 Å². The van der Waals surface area contributed by atoms with Crippen LogP contribution in [0.5, 0.6) is 17.2 Å². The molecule has 2 heterocycles. The van der Waals surface area contributed by atoms with Gasteiger partial charge in [0.2, 0.25) is 12.7 Å². The van der Waals surface area contributed by atoms with Crippen molar-refractivity contribution in [3.8, 4) is 17.2 Å². The van der Waals surface area contributed by atoms with Gasteiger partial charge in [-0.15, -0.1) is 0 Å². The average Bonchev–Trinajstić information content (AvgIpc) is 3.21. The predicted octanol–water partition coefficient (Wildman–Crippen LogP) is 3.35. The Balaban J connectivity index is 1.50. The molecule has 1 aliphatic heterocycles. The molecule has 0 fully saturated rings. The monoisotopic (exact) mass is 325 g/mol. The standard InChI is InChI=1S/C18H15NO5/c1-21-13-3-4-14-11(9-22-16(14)8-13)6-18(20)19-12-2-5-15-17(7-12)24-10-23-15/h2-5,7-9H,6,10H2,1H3,(H,19,20). The van der Waals surface area contributed by atoms with Crippen molar-refractivity contribution >= 4 is 22.6 Å². The van der Waals surface area contributed by atoms with Gasteiger partial charge in [0, 0.05) is 28.8 Å². The molecular weight excluding hydrogens is 310 g/mol. The first-order valence-electron chi connectivity index (χ1n) is 7.46. The number of fused-ring (bicyclic) bond motifs is 2. The minimum Gasteiger partial charge on any atom is -0.497 e. The molecule has 3 aromatic rings. The molecule has 0 aliphatic carbocycles. The molecule has 0 spiro atoms. The molecule has 1 aromatic heterocycles. The van der Waals surface area contributed by atoms with Gasteiger partial charge < -0.3 is 23.9 Å². The molecule has 2 aromatic carbocycles. The zero-order chi connectivity index (χ0) is 16.5. The number of carbonyl (C=O) groups excluding carboxylic acids is 1. The number of anilines is 1. The molecular formula is C18H15NO5. The Kier molecular flexibility index (Phi) is 3.49. The Bertz CT molecular complexity index is 915. The number of methoxy groups -OCH3 is 1. The zero-order valence-electron chi connectivity index (χ0n) is 13.0. The maximum Gasteiger partial charge on any atom is 0.231 e. The highest BCUT2D eigenvalue weighted by Gasteiger charge is 2.15. The summed E-state index contributed by atoms with van der Waals surface area (Å²) in [7, 11) is 1.60. The molecule has 0 saturated carbocycles. The topological polar surface area (TPSA) is 69.9 Å². The van der Waals surface area contributed by atoms with Gasteiger partial charge in [-0.2, -0.15) is 0 Å². The van der Waals surface area contributed by atoms with E-state index in [2.05, 4.69) is 5.32 Å². The fraction of sp³-hybridized carbons (Fsp3) is 0.167. The van der Waals surface area contributed by atoms with E-state index in [9.17, 15) is 4.79 Å². The summed E-state index contributed by atoms with van der Waals surface area (Å²) in [6, 6.07) is 10.8. The highest BCUT2D eigenvalue weighted by molar-refractivity contribution is 5.95. The Morgan fingerprint density at radius 1 is 1.17 bits per heavy atom. The fourth-order valence-corrected chi connectivity index (χ4v) is 2.68. The van der Waals surface area contributed by atoms with Gasteiger partial charge in [-0.3, -0.25) is 4.79 Å². The van der Waals surface area contributed by atoms with Gasteiger partial charge in [0.1, 0.15) is 11.3 Å². The number of hydrogen-bond donors (Lipinski definition) is 1. The van der Waals surface area contributed by atoms with Crippen LogP contribution in [0.2, 0.25) is 0 Å². The summed E-state index contributed by atoms with van der Waals surface area (Å²) in [4.78, 5) is 12.3. The molecule has 122 valence electrons. The molecule has 1 aliphatic rings. The van der Waals surface area contributed by atoms with Crippen molar-refractivity contribution < 1.29 is 23.4 Å². The summed E-state index contributed by atoms with van der Waals surface area (Å²) in [6.07, 6.45) is 1.82. The van der Waals surface area contributed by atoms with Gasteiger partial charge in [-0.05, 0) is 24.3 Å². The SMILES string of the molecule is COc1ccc2c(CC(=O)Nc3ccc4c(c3)OCO4)coc2c1. The summed E-state index contributed by atoms with van der Waals surface area (Å²) >= 11 is 0. The van der Waals surface area contributed by atoms with E-state index in [1.165, 1.54) is 0 Å². The van der Waals surface area contributed by atoms with Gasteiger partial charge in [0.25, 0.3) is 0 Å². The second-order valence-electron chi connectivity index (χ2n) is 5.42. The molecule has 0 saturated heterocycles. The number of rotatable bonds is 4. The quantitative estimate of drug-likeness (QED) is 0.796. The minimum atomic E-state index is -0.132. The third-order valence-corrected chi connectivity index (χ3v) is 3.87. The highest BCUT2D eigenvalue weighted by atomic mass is 16.7. The van der Waals surface area contributed by atoms with E-state index in [-0.39, 0.29) is 19.1 Å². The Morgan fingerprint density at radius 2 is 2.04 bits per heavy atom. The summed E-state index contributed by atoms with van der Waals surface area (Å²) in [5, 5.41) is 3.76. The number of carbonyl (C=O) groups is 1. The van der Waals surface area contributed by atoms with E-state index in [4.69, 9.17) is 18.6 Å². The van der Waals surface area contributed by atoms with Crippen LogP contribution < -0.4 is 19.5 Å². The van der Waals surface area contributed by atoms with Crippen LogP contribution in [-0.2, 0) is 11.2 Å². The second-order valence-corrected chi connectivity index (χ2v) is 5.42. The lowest BCUT2D eigenvalue weighted by molar-refractivity contribution is -0.115. The number of hydrogen-bond acceptors (Lipinski definition) is 5. The van der Waals surface area contributed by atoms with E-state index >= 15 is 0 Å². The normalized spacial score (nSPS) is 12.4. The smallest absolute Gasteiger partial charge is 0.231 e. The summed E-state index contributed by atoms with van der Waals surface area (Å²) in [5.74, 6) is 1.90. The van der Waals surface area contributed by atoms with Crippen molar-refractivity contribution in [2.45, 2.75) is 6.42 Å². The van der Waals surface area contributed by atoms with Crippen LogP contribution in [0.15, 0.2) is 47.1 Å². The first-order valence-corrected chi connectivity index (χ1v) is 7.46. The van der Waals surface area contributed by atoms with Gasteiger partial charge in [-0.1, -0.05) is 0 Å². The molecule has 6 nitrogen and oxygen atoms in total. The number of nitrogens with one attached hydrogen (secondary N) is 1. The lowest BCUT2D eigenvalue weighted by Crippen LogP contribution is -2.14. The third kappa shape index (κ3) is 2.62. The first-order chi connectivity index (χ1) is 11.7. The Hall–Kier alpha value is -3.15. The Morgan fingerprint density at radius 3 is 2.92 bits per heavy atom. The fourth-order valence-electron chi connectivity index (χ4n) is 2.68. The van der Waals surface area contributed by atoms with E-state index in [0.717, 1.165) is 10.9 Å². The lowest BCUT2D eigenvalue weighted by Gasteiger charge is -2.05. The predicted molar refractivity (Wildman–Crippen MR) is 87.7 cm³/mol. The van der Waals surface area contributed by atoms with Gasteiger partial charge in [0.15, 0.2) is 11.5 Å². The molecule has 0 bridgehead atoms. The summed E-state index contributed by atoms with van der Waals surface area (Å²) in [6.45, 7) is 0.206. The van der Waals surface area contributed by atoms with Crippen LogP contribution in [-0.4, -0.2) is 19.8 Å². The third-order valence-electron chi connectivity index (χ3n) is 3.87. The Labute approximate surface area is 137 Å². The van der Waals surface area contributed by atoms with E-state index < -0.39 is 0 Å². The van der Waals surface area contributed by atoms with Gasteiger partial charge in [-0.25, -0.2) is 0 Å². The average molecular weight is 325 g/mol. The van der Waals surface area contributed by atoms with Crippen molar-refractivity contribution in [3.63, 3.8) is 0 Å².